The van der Waals surface area contributed by atoms with E-state index in [1.807, 2.05) is 5.32 Å². The quantitative estimate of drug-likeness (QED) is 0.792. The lowest BCUT2D eigenvalue weighted by Crippen LogP contribution is -2.30. The van der Waals surface area contributed by atoms with Crippen molar-refractivity contribution in [3.63, 3.8) is 0 Å². The van der Waals surface area contributed by atoms with Crippen LogP contribution >= 0.6 is 11.6 Å². The fourth-order valence-corrected chi connectivity index (χ4v) is 1.70. The van der Waals surface area contributed by atoms with Gasteiger partial charge in [0.15, 0.2) is 0 Å². The fourth-order valence-electron chi connectivity index (χ4n) is 1.53. The number of aliphatic carboxylic acids is 1. The number of hydrogen-bond donors (Lipinski definition) is 2. The van der Waals surface area contributed by atoms with Crippen molar-refractivity contribution in [2.24, 2.45) is 0 Å². The molecule has 1 aromatic carbocycles. The van der Waals surface area contributed by atoms with Crippen molar-refractivity contribution in [2.75, 3.05) is 5.32 Å². The Hall–Kier alpha value is -2.22. The average Bonchev–Trinajstić information content (AvgIpc) is 2.44. The second kappa shape index (κ2) is 7.36. The zero-order valence-electron chi connectivity index (χ0n) is 12.1. The van der Waals surface area contributed by atoms with E-state index in [9.17, 15) is 22.8 Å². The highest BCUT2D eigenvalue weighted by Gasteiger charge is 2.31. The molecule has 5 nitrogen and oxygen atoms in total. The molecule has 0 aliphatic heterocycles. The number of alkyl halides is 3. The first kappa shape index (κ1) is 18.8. The molecule has 0 radical (unpaired) electrons. The van der Waals surface area contributed by atoms with Crippen LogP contribution in [0.25, 0.3) is 0 Å². The first-order valence-corrected chi connectivity index (χ1v) is 6.64. The molecular weight excluding hydrogens is 339 g/mol. The van der Waals surface area contributed by atoms with Crippen molar-refractivity contribution in [3.05, 3.63) is 40.4 Å². The molecule has 0 bridgehead atoms. The second-order valence-electron chi connectivity index (χ2n) is 4.47. The number of carboxylic acids is 1. The van der Waals surface area contributed by atoms with Crippen LogP contribution < -0.4 is 5.32 Å². The normalized spacial score (nSPS) is 13.4. The highest BCUT2D eigenvalue weighted by atomic mass is 35.5. The van der Waals surface area contributed by atoms with Gasteiger partial charge in [-0.3, -0.25) is 5.32 Å². The Balaban J connectivity index is 2.95. The molecule has 126 valence electrons. The predicted molar refractivity (Wildman–Crippen MR) is 77.4 cm³/mol. The minimum Gasteiger partial charge on any atom is -0.478 e. The molecular formula is C14H13ClF3NO4. The molecule has 23 heavy (non-hydrogen) atoms. The van der Waals surface area contributed by atoms with Crippen LogP contribution in [0.4, 0.5) is 23.7 Å². The predicted octanol–water partition coefficient (Wildman–Crippen LogP) is 4.33. The van der Waals surface area contributed by atoms with Crippen LogP contribution in [0.1, 0.15) is 19.4 Å². The van der Waals surface area contributed by atoms with Gasteiger partial charge in [-0.05, 0) is 37.6 Å². The van der Waals surface area contributed by atoms with Crippen LogP contribution in [0.5, 0.6) is 0 Å². The summed E-state index contributed by atoms with van der Waals surface area (Å²) >= 11 is 5.71. The highest BCUT2D eigenvalue weighted by molar-refractivity contribution is 6.33. The number of allylic oxidation sites excluding steroid dienone is 1. The molecule has 0 fully saturated rings. The van der Waals surface area contributed by atoms with Gasteiger partial charge in [0.25, 0.3) is 0 Å². The number of carbonyl (C=O) groups is 2. The number of ether oxygens (including phenoxy) is 1. The summed E-state index contributed by atoms with van der Waals surface area (Å²) in [6.07, 6.45) is -5.97. The summed E-state index contributed by atoms with van der Waals surface area (Å²) in [5.74, 6) is -1.41. The maximum atomic E-state index is 12.6. The third kappa shape index (κ3) is 5.17. The fraction of sp³-hybridized carbons (Fsp3) is 0.286. The summed E-state index contributed by atoms with van der Waals surface area (Å²) in [5.41, 5.74) is -1.10. The lowest BCUT2D eigenvalue weighted by molar-refractivity contribution is -0.144. The van der Waals surface area contributed by atoms with E-state index < -0.39 is 29.9 Å². The molecule has 0 spiro atoms. The van der Waals surface area contributed by atoms with E-state index in [0.29, 0.717) is 6.07 Å². The van der Waals surface area contributed by atoms with E-state index in [1.54, 1.807) is 6.92 Å². The van der Waals surface area contributed by atoms with Crippen LogP contribution in [0, 0.1) is 0 Å². The summed E-state index contributed by atoms with van der Waals surface area (Å²) in [7, 11) is 0. The summed E-state index contributed by atoms with van der Waals surface area (Å²) < 4.78 is 42.6. The van der Waals surface area contributed by atoms with Crippen molar-refractivity contribution in [1.29, 1.82) is 0 Å². The number of amides is 1. The molecule has 9 heteroatoms. The number of anilines is 1. The van der Waals surface area contributed by atoms with Crippen LogP contribution in [0.2, 0.25) is 5.02 Å². The largest absolute Gasteiger partial charge is 0.478 e. The average molecular weight is 352 g/mol. The molecule has 1 aromatic rings. The summed E-state index contributed by atoms with van der Waals surface area (Å²) in [6, 6.07) is 2.34. The Morgan fingerprint density at radius 1 is 1.39 bits per heavy atom. The molecule has 1 unspecified atom stereocenters. The van der Waals surface area contributed by atoms with E-state index >= 15 is 0 Å². The van der Waals surface area contributed by atoms with Gasteiger partial charge in [-0.25, -0.2) is 9.59 Å². The second-order valence-corrected chi connectivity index (χ2v) is 4.88. The Kier molecular flexibility index (Phi) is 6.03. The molecule has 2 N–H and O–H groups in total. The van der Waals surface area contributed by atoms with Gasteiger partial charge >= 0.3 is 18.2 Å². The molecule has 0 saturated heterocycles. The Bertz CT molecular complexity index is 643. The maximum Gasteiger partial charge on any atom is 0.416 e. The highest BCUT2D eigenvalue weighted by Crippen LogP contribution is 2.33. The van der Waals surface area contributed by atoms with Crippen molar-refractivity contribution >= 4 is 29.4 Å². The summed E-state index contributed by atoms with van der Waals surface area (Å²) in [5, 5.41) is 10.8. The Morgan fingerprint density at radius 3 is 2.48 bits per heavy atom. The Labute approximate surface area is 134 Å². The van der Waals surface area contributed by atoms with E-state index in [4.69, 9.17) is 21.4 Å². The zero-order valence-corrected chi connectivity index (χ0v) is 12.8. The molecule has 1 atom stereocenters. The van der Waals surface area contributed by atoms with Crippen LogP contribution in [-0.2, 0) is 15.7 Å². The first-order chi connectivity index (χ1) is 10.6. The number of rotatable bonds is 4. The third-order valence-corrected chi connectivity index (χ3v) is 3.18. The van der Waals surface area contributed by atoms with Crippen molar-refractivity contribution in [1.82, 2.24) is 0 Å². The monoisotopic (exact) mass is 351 g/mol. The molecule has 0 aliphatic rings. The molecule has 0 aliphatic carbocycles. The lowest BCUT2D eigenvalue weighted by atomic mass is 10.1. The van der Waals surface area contributed by atoms with Gasteiger partial charge in [0.05, 0.1) is 16.3 Å². The van der Waals surface area contributed by atoms with Gasteiger partial charge < -0.3 is 9.84 Å². The smallest absolute Gasteiger partial charge is 0.416 e. The number of benzene rings is 1. The van der Waals surface area contributed by atoms with Crippen molar-refractivity contribution in [2.45, 2.75) is 26.1 Å². The summed E-state index contributed by atoms with van der Waals surface area (Å²) in [6.45, 7) is 2.99. The third-order valence-electron chi connectivity index (χ3n) is 2.85. The van der Waals surface area contributed by atoms with Gasteiger partial charge in [0.2, 0.25) is 6.10 Å². The summed E-state index contributed by atoms with van der Waals surface area (Å²) in [4.78, 5) is 22.7. The van der Waals surface area contributed by atoms with Crippen molar-refractivity contribution < 1.29 is 32.6 Å². The van der Waals surface area contributed by atoms with E-state index in [-0.39, 0.29) is 16.3 Å². The van der Waals surface area contributed by atoms with Crippen LogP contribution in [0.3, 0.4) is 0 Å². The van der Waals surface area contributed by atoms with Crippen LogP contribution in [0.15, 0.2) is 29.8 Å². The van der Waals surface area contributed by atoms with E-state index in [0.717, 1.165) is 12.1 Å². The maximum absolute atomic E-state index is 12.6. The molecule has 0 heterocycles. The SMILES string of the molecule is CC=C(C)C(OC(=O)Nc1cc(C(F)(F)F)ccc1Cl)C(=O)O. The molecule has 0 aromatic heterocycles. The van der Waals surface area contributed by atoms with E-state index in [2.05, 4.69) is 0 Å². The minimum absolute atomic E-state index is 0.149. The van der Waals surface area contributed by atoms with Gasteiger partial charge in [-0.15, -0.1) is 0 Å². The van der Waals surface area contributed by atoms with E-state index in [1.165, 1.54) is 13.0 Å². The Morgan fingerprint density at radius 2 is 2.00 bits per heavy atom. The zero-order chi connectivity index (χ0) is 17.8. The van der Waals surface area contributed by atoms with Crippen LogP contribution in [-0.4, -0.2) is 23.3 Å². The minimum atomic E-state index is -4.62. The number of nitrogens with one attached hydrogen (secondary N) is 1. The van der Waals surface area contributed by atoms with Gasteiger partial charge in [-0.1, -0.05) is 17.7 Å². The van der Waals surface area contributed by atoms with Gasteiger partial charge in [-0.2, -0.15) is 13.2 Å². The molecule has 0 saturated carbocycles. The topological polar surface area (TPSA) is 75.6 Å². The molecule has 1 rings (SSSR count). The van der Waals surface area contributed by atoms with Gasteiger partial charge in [0, 0.05) is 0 Å². The number of carboxylic acid groups (broad SMARTS) is 1. The standard InChI is InChI=1S/C14H13ClF3NO4/c1-3-7(2)11(12(20)21)23-13(22)19-10-6-8(14(16,17)18)4-5-9(10)15/h3-6,11H,1-2H3,(H,19,22)(H,20,21). The number of hydrogen-bond acceptors (Lipinski definition) is 3. The lowest BCUT2D eigenvalue weighted by Gasteiger charge is -2.16. The van der Waals surface area contributed by atoms with Gasteiger partial charge in [0.1, 0.15) is 0 Å². The molecule has 1 amide bonds. The number of halogens is 4. The first-order valence-electron chi connectivity index (χ1n) is 6.26. The number of carbonyl (C=O) groups excluding carboxylic acids is 1. The van der Waals surface area contributed by atoms with Crippen molar-refractivity contribution in [3.8, 4) is 0 Å².